The average molecular weight is 1060 g/mol. The van der Waals surface area contributed by atoms with Crippen LogP contribution in [0.3, 0.4) is 0 Å². The highest BCUT2D eigenvalue weighted by molar-refractivity contribution is 7.26. The Labute approximate surface area is 503 Å². The van der Waals surface area contributed by atoms with Gasteiger partial charge < -0.3 is 19.3 Å². The number of fused-ring (bicyclic) bond motifs is 12. The van der Waals surface area contributed by atoms with E-state index in [1.54, 1.807) is 83.1 Å². The number of anilines is 9. The monoisotopic (exact) mass is 1060 g/mol. The van der Waals surface area contributed by atoms with Gasteiger partial charge in [0.15, 0.2) is 0 Å². The maximum Gasteiger partial charge on any atom is 0.252 e. The van der Waals surface area contributed by atoms with Gasteiger partial charge in [-0.05, 0) is 151 Å². The third kappa shape index (κ3) is 7.11. The van der Waals surface area contributed by atoms with Crippen molar-refractivity contribution in [3.8, 4) is 11.8 Å². The fourth-order valence-electron chi connectivity index (χ4n) is 10.5. The Morgan fingerprint density at radius 3 is 1.69 bits per heavy atom. The molecular formula is C71H64BN5S. The summed E-state index contributed by atoms with van der Waals surface area (Å²) in [5.74, 6) is 0. The number of para-hydroxylation sites is 1. The van der Waals surface area contributed by atoms with Gasteiger partial charge in [0.25, 0.3) is 6.71 Å². The quantitative estimate of drug-likeness (QED) is 0.165. The summed E-state index contributed by atoms with van der Waals surface area (Å²) >= 11 is 0.575. The molecular weight excluding hydrogens is 966 g/mol. The molecule has 3 aliphatic heterocycles. The van der Waals surface area contributed by atoms with Crippen LogP contribution in [0.4, 0.5) is 51.2 Å². The van der Waals surface area contributed by atoms with Crippen LogP contribution >= 0.6 is 11.3 Å². The smallest absolute Gasteiger partial charge is 0.252 e. The molecule has 0 amide bonds. The van der Waals surface area contributed by atoms with Gasteiger partial charge in [-0.2, -0.15) is 5.26 Å². The Hall–Kier alpha value is -8.05. The molecule has 0 saturated heterocycles. The van der Waals surface area contributed by atoms with Gasteiger partial charge in [-0.15, -0.1) is 11.3 Å². The predicted molar refractivity (Wildman–Crippen MR) is 335 cm³/mol. The van der Waals surface area contributed by atoms with Crippen molar-refractivity contribution in [2.75, 3.05) is 14.7 Å². The molecule has 2 aromatic heterocycles. The largest absolute Gasteiger partial charge is 0.310 e. The minimum Gasteiger partial charge on any atom is -0.310 e. The van der Waals surface area contributed by atoms with E-state index in [1.807, 2.05) is 6.07 Å². The lowest BCUT2D eigenvalue weighted by Crippen LogP contribution is -2.61. The van der Waals surface area contributed by atoms with Crippen molar-refractivity contribution in [2.24, 2.45) is 0 Å². The van der Waals surface area contributed by atoms with Crippen molar-refractivity contribution in [3.63, 3.8) is 0 Å². The molecule has 0 fully saturated rings. The SMILES string of the molecule is [2H]c1c([2H])c2c3c(c1[2H])-n1c4c([2H])c([2H])c(C(C)(C)C)c([2H])c4c4c([2H])c(C(C)(C)C)c([2H])c(c41)N3c1c([2H])c(C#N)c([2H])c3c1B2c1c([2H])c([2H])c(N(c2c([2H])c([2H])c(C(C)(C)C)c([2H])c2[2H])c2c([2H])c([2H])c(C(C)(C)C)c([2H])c2[2H])c([2H])c1N3c1c([2H])c([2H])c([2H])c2c1sc1c([2H])c([2H])c([2H])c([2H])c12. The molecule has 0 unspecified atom stereocenters. The molecule has 5 nitrogen and oxygen atoms in total. The molecule has 0 N–H and O–H groups in total. The molecule has 0 atom stereocenters. The molecule has 0 bridgehead atoms. The normalized spacial score (nSPS) is 18.8. The first kappa shape index (κ1) is 27.0. The van der Waals surface area contributed by atoms with Crippen LogP contribution in [0.2, 0.25) is 0 Å². The van der Waals surface area contributed by atoms with E-state index in [2.05, 4.69) is 0 Å². The Morgan fingerprint density at radius 2 is 1.04 bits per heavy atom. The van der Waals surface area contributed by atoms with E-state index in [4.69, 9.17) is 2.74 Å². The molecule has 78 heavy (non-hydrogen) atoms. The minimum atomic E-state index is -2.06. The first-order valence-corrected chi connectivity index (χ1v) is 26.2. The third-order valence-electron chi connectivity index (χ3n) is 14.5. The van der Waals surface area contributed by atoms with Gasteiger partial charge in [0.05, 0.1) is 88.5 Å². The lowest BCUT2D eigenvalue weighted by molar-refractivity contribution is 0.590. The summed E-state index contributed by atoms with van der Waals surface area (Å²) in [6, 6.07) is -19.6. The van der Waals surface area contributed by atoms with E-state index in [9.17, 15) is 40.9 Å². The summed E-state index contributed by atoms with van der Waals surface area (Å²) in [4.78, 5) is 2.81. The Kier molecular flexibility index (Phi) is 5.71. The number of hydrogen-bond donors (Lipinski definition) is 0. The number of aromatic nitrogens is 1. The molecule has 9 aromatic carbocycles. The summed E-state index contributed by atoms with van der Waals surface area (Å²) in [6.07, 6.45) is 0. The summed E-state index contributed by atoms with van der Waals surface area (Å²) < 4.78 is 280. The zero-order valence-electron chi connectivity index (χ0n) is 72.7. The van der Waals surface area contributed by atoms with Crippen molar-refractivity contribution >= 4 is 128 Å². The van der Waals surface area contributed by atoms with E-state index in [-0.39, 0.29) is 87.7 Å². The second-order valence-corrected chi connectivity index (χ2v) is 25.0. The highest BCUT2D eigenvalue weighted by atomic mass is 32.1. The number of nitrogens with zero attached hydrogens (tertiary/aromatic N) is 5. The molecule has 11 aromatic rings. The average Bonchev–Trinajstić information content (AvgIpc) is 1.19. The van der Waals surface area contributed by atoms with Crippen molar-refractivity contribution < 1.29 is 38.4 Å². The van der Waals surface area contributed by atoms with E-state index in [0.717, 1.165) is 4.90 Å². The fraction of sp³-hybridized carbons (Fsp3) is 0.225. The van der Waals surface area contributed by atoms with Crippen molar-refractivity contribution in [2.45, 2.75) is 105 Å². The molecule has 0 radical (unpaired) electrons. The maximum absolute atomic E-state index is 11.7. The lowest BCUT2D eigenvalue weighted by atomic mass is 9.33. The molecule has 5 heterocycles. The maximum atomic E-state index is 11.7. The molecule has 7 heteroatoms. The van der Waals surface area contributed by atoms with Gasteiger partial charge in [-0.25, -0.2) is 0 Å². The molecule has 0 saturated carbocycles. The van der Waals surface area contributed by atoms with Crippen LogP contribution in [0.25, 0.3) is 47.7 Å². The van der Waals surface area contributed by atoms with Gasteiger partial charge in [0.1, 0.15) is 0 Å². The van der Waals surface area contributed by atoms with Crippen LogP contribution < -0.4 is 31.1 Å². The molecule has 3 aliphatic rings. The van der Waals surface area contributed by atoms with Crippen molar-refractivity contribution in [3.05, 3.63) is 197 Å². The van der Waals surface area contributed by atoms with Gasteiger partial charge >= 0.3 is 0 Å². The summed E-state index contributed by atoms with van der Waals surface area (Å²) in [5.41, 5.74) is -13.8. The zero-order valence-corrected chi connectivity index (χ0v) is 45.5. The van der Waals surface area contributed by atoms with Crippen molar-refractivity contribution in [1.29, 1.82) is 5.26 Å². The number of thiophene rings is 1. The van der Waals surface area contributed by atoms with Crippen LogP contribution in [0, 0.1) is 11.3 Å². The first-order valence-electron chi connectivity index (χ1n) is 39.4. The fourth-order valence-corrected chi connectivity index (χ4v) is 11.6. The van der Waals surface area contributed by atoms with Crippen LogP contribution in [0.1, 0.15) is 149 Å². The minimum absolute atomic E-state index is 0.00475. The van der Waals surface area contributed by atoms with Crippen LogP contribution in [0.5, 0.6) is 0 Å². The van der Waals surface area contributed by atoms with E-state index in [0.29, 0.717) is 16.2 Å². The van der Waals surface area contributed by atoms with Crippen LogP contribution in [-0.2, 0) is 21.7 Å². The summed E-state index contributed by atoms with van der Waals surface area (Å²) in [6.45, 7) is 17.9. The van der Waals surface area contributed by atoms with Gasteiger partial charge in [-0.3, -0.25) is 0 Å². The second-order valence-electron chi connectivity index (χ2n) is 23.9. The highest BCUT2D eigenvalue weighted by Gasteiger charge is 2.47. The Bertz CT molecular complexity index is 5970. The van der Waals surface area contributed by atoms with Gasteiger partial charge in [-0.1, -0.05) is 162 Å². The lowest BCUT2D eigenvalue weighted by Gasteiger charge is -2.46. The highest BCUT2D eigenvalue weighted by Crippen LogP contribution is 2.55. The number of benzene rings is 9. The van der Waals surface area contributed by atoms with Crippen LogP contribution in [-0.4, -0.2) is 11.3 Å². The summed E-state index contributed by atoms with van der Waals surface area (Å²) in [5, 5.41) is 10.9. The molecule has 382 valence electrons. The van der Waals surface area contributed by atoms with Gasteiger partial charge in [0, 0.05) is 60.4 Å². The summed E-state index contributed by atoms with van der Waals surface area (Å²) in [7, 11) is 0. The Morgan fingerprint density at radius 1 is 0.462 bits per heavy atom. The predicted octanol–water partition coefficient (Wildman–Crippen LogP) is 18.1. The third-order valence-corrected chi connectivity index (χ3v) is 15.6. The topological polar surface area (TPSA) is 38.4 Å². The standard InChI is InChI=1S/C71H64BN5S/c1-68(2,3)43-23-28-47(29-24-43)74(48-30-25-44(26-31-48)69(4,5)6)49-32-33-54-59(40-49)75(58-21-15-18-51-50-17-13-14-22-63(50)78-67(51)58)60-35-42(41-73)36-61-64(60)72(54)55-19-16-20-57-66(55)77(61)62-39-46(71(10,11)12)38-53-52-37-45(70(7,8)9)27-34-56(52)76(57)65(53)62/h13-40H,1-12H3/i13D,14D,15D,16D,17D,18D,19D,20D,21D,22D,23D,24D,25D,26D,27D,28D,29D,30D,31D,32D,33D,34D,35D,36D,37D,38D,39D,40D. The van der Waals surface area contributed by atoms with E-state index < -0.39 is 253 Å². The molecule has 0 aliphatic carbocycles. The number of rotatable bonds is 4. The van der Waals surface area contributed by atoms with E-state index >= 15 is 0 Å². The van der Waals surface area contributed by atoms with E-state index in [1.165, 1.54) is 9.47 Å². The molecule has 14 rings (SSSR count). The number of hydrogen-bond acceptors (Lipinski definition) is 5. The zero-order chi connectivity index (χ0) is 78.5. The van der Waals surface area contributed by atoms with Crippen molar-refractivity contribution in [1.82, 2.24) is 4.57 Å². The first-order chi connectivity index (χ1) is 48.9. The second kappa shape index (κ2) is 16.5. The Balaban J connectivity index is 1.30. The molecule has 0 spiro atoms. The van der Waals surface area contributed by atoms with Gasteiger partial charge in [0.2, 0.25) is 0 Å². The number of nitriles is 1. The van der Waals surface area contributed by atoms with Crippen LogP contribution in [0.15, 0.2) is 169 Å².